The summed E-state index contributed by atoms with van der Waals surface area (Å²) < 4.78 is 5.64. The van der Waals surface area contributed by atoms with Crippen LogP contribution in [0.2, 0.25) is 0 Å². The third kappa shape index (κ3) is 2.31. The van der Waals surface area contributed by atoms with Gasteiger partial charge in [0.15, 0.2) is 11.5 Å². The van der Waals surface area contributed by atoms with Crippen molar-refractivity contribution in [3.05, 3.63) is 38.2 Å². The standard InChI is InChI=1S/C10H9N5O6/c1-2-21-10(16)5-4-13-8(11)6(14(17)18)3-7(15(19)20)9(13)12-5/h3-4H,2,11H2,1H3. The van der Waals surface area contributed by atoms with Crippen LogP contribution in [0.4, 0.5) is 17.2 Å². The van der Waals surface area contributed by atoms with Gasteiger partial charge >= 0.3 is 17.3 Å². The molecule has 110 valence electrons. The van der Waals surface area contributed by atoms with E-state index in [2.05, 4.69) is 4.98 Å². The highest BCUT2D eigenvalue weighted by Gasteiger charge is 2.27. The Morgan fingerprint density at radius 1 is 1.38 bits per heavy atom. The highest BCUT2D eigenvalue weighted by Crippen LogP contribution is 2.31. The summed E-state index contributed by atoms with van der Waals surface area (Å²) in [5.74, 6) is -1.18. The summed E-state index contributed by atoms with van der Waals surface area (Å²) in [5, 5.41) is 21.8. The van der Waals surface area contributed by atoms with Gasteiger partial charge in [0.25, 0.3) is 0 Å². The number of nitrogens with zero attached hydrogens (tertiary/aromatic N) is 4. The number of rotatable bonds is 4. The average molecular weight is 295 g/mol. The molecule has 0 amide bonds. The van der Waals surface area contributed by atoms with Gasteiger partial charge in [0.05, 0.1) is 16.5 Å². The fourth-order valence-electron chi connectivity index (χ4n) is 1.72. The first-order valence-corrected chi connectivity index (χ1v) is 5.64. The lowest BCUT2D eigenvalue weighted by Crippen LogP contribution is -2.04. The third-order valence-corrected chi connectivity index (χ3v) is 2.61. The molecule has 2 aromatic rings. The van der Waals surface area contributed by atoms with Gasteiger partial charge in [-0.2, -0.15) is 0 Å². The van der Waals surface area contributed by atoms with Crippen LogP contribution in [0.3, 0.4) is 0 Å². The topological polar surface area (TPSA) is 156 Å². The van der Waals surface area contributed by atoms with Crippen LogP contribution in [-0.4, -0.2) is 31.8 Å². The molecule has 0 saturated heterocycles. The van der Waals surface area contributed by atoms with E-state index in [1.165, 1.54) is 0 Å². The number of imidazole rings is 1. The van der Waals surface area contributed by atoms with Gasteiger partial charge < -0.3 is 10.5 Å². The fourth-order valence-corrected chi connectivity index (χ4v) is 1.72. The Bertz CT molecular complexity index is 767. The molecule has 11 heteroatoms. The average Bonchev–Trinajstić information content (AvgIpc) is 2.84. The van der Waals surface area contributed by atoms with Crippen molar-refractivity contribution in [3.63, 3.8) is 0 Å². The van der Waals surface area contributed by atoms with Gasteiger partial charge in [-0.05, 0) is 6.92 Å². The van der Waals surface area contributed by atoms with E-state index in [1.807, 2.05) is 0 Å². The Kier molecular flexibility index (Phi) is 3.40. The van der Waals surface area contributed by atoms with E-state index < -0.39 is 27.2 Å². The van der Waals surface area contributed by atoms with E-state index in [1.54, 1.807) is 6.92 Å². The highest BCUT2D eigenvalue weighted by molar-refractivity contribution is 5.89. The smallest absolute Gasteiger partial charge is 0.358 e. The van der Waals surface area contributed by atoms with Gasteiger partial charge in [-0.15, -0.1) is 0 Å². The summed E-state index contributed by atoms with van der Waals surface area (Å²) in [5.41, 5.74) is 3.80. The zero-order valence-electron chi connectivity index (χ0n) is 10.7. The molecule has 21 heavy (non-hydrogen) atoms. The maximum Gasteiger partial charge on any atom is 0.358 e. The van der Waals surface area contributed by atoms with Crippen LogP contribution in [-0.2, 0) is 4.74 Å². The molecule has 0 aliphatic heterocycles. The number of esters is 1. The molecule has 0 aliphatic carbocycles. The minimum atomic E-state index is -0.855. The summed E-state index contributed by atoms with van der Waals surface area (Å²) in [6.07, 6.45) is 1.06. The second-order valence-corrected chi connectivity index (χ2v) is 3.85. The summed E-state index contributed by atoms with van der Waals surface area (Å²) in [4.78, 5) is 35.5. The normalized spacial score (nSPS) is 10.5. The van der Waals surface area contributed by atoms with Crippen molar-refractivity contribution >= 4 is 28.8 Å². The molecule has 0 radical (unpaired) electrons. The Balaban J connectivity index is 2.76. The number of fused-ring (bicyclic) bond motifs is 1. The number of hydrogen-bond donors (Lipinski definition) is 1. The van der Waals surface area contributed by atoms with Gasteiger partial charge in [0.2, 0.25) is 5.65 Å². The summed E-state index contributed by atoms with van der Waals surface area (Å²) in [6.45, 7) is 1.67. The molecule has 0 atom stereocenters. The number of aromatic nitrogens is 2. The molecule has 0 spiro atoms. The predicted octanol–water partition coefficient (Wildman–Crippen LogP) is 0.910. The number of anilines is 1. The molecule has 0 fully saturated rings. The predicted molar refractivity (Wildman–Crippen MR) is 68.9 cm³/mol. The number of hydrogen-bond acceptors (Lipinski definition) is 8. The van der Waals surface area contributed by atoms with Crippen molar-refractivity contribution in [3.8, 4) is 0 Å². The SMILES string of the molecule is CCOC(=O)c1cn2c(N)c([N+](=O)[O-])cc([N+](=O)[O-])c2n1. The zero-order chi connectivity index (χ0) is 15.7. The van der Waals surface area contributed by atoms with Crippen molar-refractivity contribution in [1.29, 1.82) is 0 Å². The van der Waals surface area contributed by atoms with Gasteiger partial charge in [-0.1, -0.05) is 0 Å². The molecule has 2 aromatic heterocycles. The maximum absolute atomic E-state index is 11.6. The molecule has 2 heterocycles. The summed E-state index contributed by atoms with van der Waals surface area (Å²) in [7, 11) is 0. The van der Waals surface area contributed by atoms with E-state index in [4.69, 9.17) is 10.5 Å². The summed E-state index contributed by atoms with van der Waals surface area (Å²) in [6, 6.07) is 0.701. The molecule has 0 aliphatic rings. The van der Waals surface area contributed by atoms with E-state index in [-0.39, 0.29) is 23.8 Å². The number of ether oxygens (including phenoxy) is 1. The van der Waals surface area contributed by atoms with Crippen LogP contribution < -0.4 is 5.73 Å². The largest absolute Gasteiger partial charge is 0.461 e. The quantitative estimate of drug-likeness (QED) is 0.495. The Morgan fingerprint density at radius 3 is 2.52 bits per heavy atom. The van der Waals surface area contributed by atoms with Gasteiger partial charge in [0.1, 0.15) is 6.07 Å². The molecule has 0 saturated carbocycles. The van der Waals surface area contributed by atoms with Crippen molar-refractivity contribution in [2.45, 2.75) is 6.92 Å². The lowest BCUT2D eigenvalue weighted by atomic mass is 10.3. The van der Waals surface area contributed by atoms with Crippen molar-refractivity contribution < 1.29 is 19.4 Å². The second kappa shape index (κ2) is 5.03. The van der Waals surface area contributed by atoms with Gasteiger partial charge in [-0.3, -0.25) is 24.6 Å². The molecule has 0 unspecified atom stereocenters. The van der Waals surface area contributed by atoms with Crippen LogP contribution >= 0.6 is 0 Å². The van der Waals surface area contributed by atoms with E-state index in [9.17, 15) is 25.0 Å². The number of carbonyl (C=O) groups is 1. The van der Waals surface area contributed by atoms with Crippen molar-refractivity contribution in [2.24, 2.45) is 0 Å². The fraction of sp³-hybridized carbons (Fsp3) is 0.200. The molecule has 11 nitrogen and oxygen atoms in total. The van der Waals surface area contributed by atoms with Crippen LogP contribution in [0.15, 0.2) is 12.3 Å². The van der Waals surface area contributed by atoms with Crippen LogP contribution in [0.5, 0.6) is 0 Å². The zero-order valence-corrected chi connectivity index (χ0v) is 10.7. The second-order valence-electron chi connectivity index (χ2n) is 3.85. The molecule has 2 N–H and O–H groups in total. The van der Waals surface area contributed by atoms with Crippen molar-refractivity contribution in [2.75, 3.05) is 12.3 Å². The number of nitrogen functional groups attached to an aromatic ring is 1. The first-order valence-electron chi connectivity index (χ1n) is 5.64. The Hall–Kier alpha value is -3.24. The molecule has 0 aromatic carbocycles. The maximum atomic E-state index is 11.6. The number of carbonyl (C=O) groups excluding carboxylic acids is 1. The number of nitrogens with two attached hydrogens (primary N) is 1. The van der Waals surface area contributed by atoms with E-state index in [0.717, 1.165) is 10.6 Å². The van der Waals surface area contributed by atoms with Crippen LogP contribution in [0, 0.1) is 20.2 Å². The molecular weight excluding hydrogens is 286 g/mol. The van der Waals surface area contributed by atoms with Crippen LogP contribution in [0.25, 0.3) is 5.65 Å². The first kappa shape index (κ1) is 14.2. The monoisotopic (exact) mass is 295 g/mol. The lowest BCUT2D eigenvalue weighted by Gasteiger charge is -2.01. The van der Waals surface area contributed by atoms with E-state index >= 15 is 0 Å². The van der Waals surface area contributed by atoms with Crippen LogP contribution in [0.1, 0.15) is 17.4 Å². The number of nitro groups is 2. The third-order valence-electron chi connectivity index (χ3n) is 2.61. The summed E-state index contributed by atoms with van der Waals surface area (Å²) >= 11 is 0. The van der Waals surface area contributed by atoms with Gasteiger partial charge in [-0.25, -0.2) is 9.78 Å². The minimum Gasteiger partial charge on any atom is -0.461 e. The molecule has 2 rings (SSSR count). The Labute approximate surface area is 116 Å². The highest BCUT2D eigenvalue weighted by atomic mass is 16.6. The van der Waals surface area contributed by atoms with Crippen molar-refractivity contribution in [1.82, 2.24) is 9.38 Å². The first-order chi connectivity index (χ1) is 9.86. The number of pyridine rings is 1. The van der Waals surface area contributed by atoms with Gasteiger partial charge in [0, 0.05) is 6.20 Å². The lowest BCUT2D eigenvalue weighted by molar-refractivity contribution is -0.393. The van der Waals surface area contributed by atoms with E-state index in [0.29, 0.717) is 6.07 Å². The Morgan fingerprint density at radius 2 is 2.00 bits per heavy atom. The minimum absolute atomic E-state index is 0.0877. The molecular formula is C10H9N5O6. The molecule has 0 bridgehead atoms.